The average molecular weight is 304 g/mol. The highest BCUT2D eigenvalue weighted by Crippen LogP contribution is 2.23. The summed E-state index contributed by atoms with van der Waals surface area (Å²) in [5, 5.41) is 9.90. The second-order valence-electron chi connectivity index (χ2n) is 5.00. The highest BCUT2D eigenvalue weighted by atomic mass is 35.5. The third-order valence-corrected chi connectivity index (χ3v) is 4.01. The zero-order valence-electron chi connectivity index (χ0n) is 11.3. The van der Waals surface area contributed by atoms with Crippen molar-refractivity contribution in [3.63, 3.8) is 0 Å². The molecule has 6 heteroatoms. The fourth-order valence-corrected chi connectivity index (χ4v) is 2.79. The van der Waals surface area contributed by atoms with Gasteiger partial charge in [-0.3, -0.25) is 4.90 Å². The summed E-state index contributed by atoms with van der Waals surface area (Å²) in [6.07, 6.45) is 1.96. The quantitative estimate of drug-likeness (QED) is 0.943. The predicted molar refractivity (Wildman–Crippen MR) is 78.3 cm³/mol. The summed E-state index contributed by atoms with van der Waals surface area (Å²) >= 11 is 6.18. The molecule has 1 aliphatic heterocycles. The first kappa shape index (κ1) is 14.0. The first-order valence-electron chi connectivity index (χ1n) is 6.67. The van der Waals surface area contributed by atoms with E-state index in [0.717, 1.165) is 34.9 Å². The molecule has 5 nitrogen and oxygen atoms in total. The van der Waals surface area contributed by atoms with Crippen molar-refractivity contribution in [2.75, 3.05) is 6.54 Å². The molecule has 2 aromatic rings. The second-order valence-corrected chi connectivity index (χ2v) is 5.41. The van der Waals surface area contributed by atoms with Gasteiger partial charge in [0.2, 0.25) is 0 Å². The largest absolute Gasteiger partial charge is 0.477 e. The van der Waals surface area contributed by atoms with E-state index < -0.39 is 5.97 Å². The molecule has 0 saturated heterocycles. The number of aromatic nitrogens is 2. The van der Waals surface area contributed by atoms with Gasteiger partial charge in [-0.05, 0) is 18.1 Å². The normalized spacial score (nSPS) is 14.7. The molecule has 3 rings (SSSR count). The number of benzene rings is 1. The Morgan fingerprint density at radius 2 is 2.14 bits per heavy atom. The monoisotopic (exact) mass is 303 g/mol. The van der Waals surface area contributed by atoms with E-state index in [4.69, 9.17) is 16.7 Å². The van der Waals surface area contributed by atoms with Crippen molar-refractivity contribution >= 4 is 17.6 Å². The van der Waals surface area contributed by atoms with Crippen molar-refractivity contribution in [3.8, 4) is 0 Å². The molecule has 1 aliphatic rings. The van der Waals surface area contributed by atoms with Crippen LogP contribution in [-0.4, -0.2) is 32.5 Å². The Morgan fingerprint density at radius 1 is 1.33 bits per heavy atom. The highest BCUT2D eigenvalue weighted by molar-refractivity contribution is 6.31. The number of carboxylic acid groups (broad SMARTS) is 1. The molecule has 0 amide bonds. The lowest BCUT2D eigenvalue weighted by Gasteiger charge is -2.28. The van der Waals surface area contributed by atoms with Gasteiger partial charge in [0.05, 0.1) is 5.69 Å². The van der Waals surface area contributed by atoms with E-state index in [1.165, 1.54) is 6.33 Å². The van der Waals surface area contributed by atoms with Crippen LogP contribution in [0.1, 0.15) is 27.3 Å². The van der Waals surface area contributed by atoms with Gasteiger partial charge >= 0.3 is 5.97 Å². The van der Waals surface area contributed by atoms with Crippen molar-refractivity contribution in [2.45, 2.75) is 19.5 Å². The summed E-state index contributed by atoms with van der Waals surface area (Å²) < 4.78 is 0. The molecule has 0 fully saturated rings. The molecule has 0 atom stereocenters. The number of rotatable bonds is 3. The molecule has 0 saturated carbocycles. The van der Waals surface area contributed by atoms with E-state index in [9.17, 15) is 4.79 Å². The molecular weight excluding hydrogens is 290 g/mol. The number of fused-ring (bicyclic) bond motifs is 1. The minimum absolute atomic E-state index is 0.123. The third kappa shape index (κ3) is 2.89. The van der Waals surface area contributed by atoms with Crippen molar-refractivity contribution in [2.24, 2.45) is 0 Å². The summed E-state index contributed by atoms with van der Waals surface area (Å²) in [4.78, 5) is 21.5. The number of carbonyl (C=O) groups is 1. The van der Waals surface area contributed by atoms with Gasteiger partial charge in [0.1, 0.15) is 6.33 Å². The number of carboxylic acids is 1. The summed E-state index contributed by atoms with van der Waals surface area (Å²) in [5.41, 5.74) is 2.73. The van der Waals surface area contributed by atoms with Crippen LogP contribution in [0.15, 0.2) is 30.6 Å². The van der Waals surface area contributed by atoms with E-state index in [0.29, 0.717) is 13.0 Å². The number of hydrogen-bond acceptors (Lipinski definition) is 4. The van der Waals surface area contributed by atoms with Crippen molar-refractivity contribution < 1.29 is 9.90 Å². The van der Waals surface area contributed by atoms with Crippen LogP contribution < -0.4 is 0 Å². The van der Waals surface area contributed by atoms with Gasteiger partial charge in [-0.1, -0.05) is 29.8 Å². The number of aromatic carboxylic acids is 1. The van der Waals surface area contributed by atoms with Gasteiger partial charge in [0.15, 0.2) is 5.69 Å². The average Bonchev–Trinajstić information content (AvgIpc) is 2.48. The Labute approximate surface area is 127 Å². The molecule has 108 valence electrons. The molecule has 0 radical (unpaired) electrons. The Kier molecular flexibility index (Phi) is 3.86. The SMILES string of the molecule is O=C(O)c1ncnc2c1CCN(Cc1ccccc1Cl)C2. The zero-order chi connectivity index (χ0) is 14.8. The molecule has 0 bridgehead atoms. The van der Waals surface area contributed by atoms with Crippen LogP contribution in [0.25, 0.3) is 0 Å². The lowest BCUT2D eigenvalue weighted by molar-refractivity contribution is 0.0687. The minimum Gasteiger partial charge on any atom is -0.477 e. The van der Waals surface area contributed by atoms with Crippen LogP contribution in [0.2, 0.25) is 5.02 Å². The van der Waals surface area contributed by atoms with E-state index in [2.05, 4.69) is 14.9 Å². The Balaban J connectivity index is 1.81. The van der Waals surface area contributed by atoms with E-state index in [1.54, 1.807) is 0 Å². The zero-order valence-corrected chi connectivity index (χ0v) is 12.0. The summed E-state index contributed by atoms with van der Waals surface area (Å²) in [6.45, 7) is 2.11. The lowest BCUT2D eigenvalue weighted by Crippen LogP contribution is -2.32. The van der Waals surface area contributed by atoms with Crippen LogP contribution in [0, 0.1) is 0 Å². The second kappa shape index (κ2) is 5.79. The molecule has 1 N–H and O–H groups in total. The van der Waals surface area contributed by atoms with Gasteiger partial charge in [-0.25, -0.2) is 14.8 Å². The molecule has 21 heavy (non-hydrogen) atoms. The minimum atomic E-state index is -0.992. The number of nitrogens with zero attached hydrogens (tertiary/aromatic N) is 3. The molecular formula is C15H14ClN3O2. The van der Waals surface area contributed by atoms with Gasteiger partial charge in [0.25, 0.3) is 0 Å². The molecule has 0 aliphatic carbocycles. The summed E-state index contributed by atoms with van der Waals surface area (Å²) in [6, 6.07) is 7.74. The maximum atomic E-state index is 11.2. The van der Waals surface area contributed by atoms with Crippen LogP contribution in [0.5, 0.6) is 0 Å². The third-order valence-electron chi connectivity index (χ3n) is 3.64. The highest BCUT2D eigenvalue weighted by Gasteiger charge is 2.23. The molecule has 1 aromatic heterocycles. The van der Waals surface area contributed by atoms with Crippen molar-refractivity contribution in [3.05, 3.63) is 58.1 Å². The first-order valence-corrected chi connectivity index (χ1v) is 7.04. The smallest absolute Gasteiger partial charge is 0.354 e. The van der Waals surface area contributed by atoms with Gasteiger partial charge in [-0.2, -0.15) is 0 Å². The molecule has 2 heterocycles. The van der Waals surface area contributed by atoms with Gasteiger partial charge in [0, 0.05) is 30.2 Å². The molecule has 1 aromatic carbocycles. The maximum Gasteiger partial charge on any atom is 0.354 e. The lowest BCUT2D eigenvalue weighted by atomic mass is 10.0. The topological polar surface area (TPSA) is 66.3 Å². The Bertz CT molecular complexity index is 690. The van der Waals surface area contributed by atoms with Crippen molar-refractivity contribution in [1.82, 2.24) is 14.9 Å². The van der Waals surface area contributed by atoms with Crippen LogP contribution >= 0.6 is 11.6 Å². The van der Waals surface area contributed by atoms with Gasteiger partial charge in [-0.15, -0.1) is 0 Å². The summed E-state index contributed by atoms with van der Waals surface area (Å²) in [5.74, 6) is -0.992. The predicted octanol–water partition coefficient (Wildman–Crippen LogP) is 2.39. The first-order chi connectivity index (χ1) is 10.1. The van der Waals surface area contributed by atoms with Crippen LogP contribution in [0.3, 0.4) is 0 Å². The fraction of sp³-hybridized carbons (Fsp3) is 0.267. The Morgan fingerprint density at radius 3 is 2.90 bits per heavy atom. The number of halogens is 1. The molecule has 0 unspecified atom stereocenters. The van der Waals surface area contributed by atoms with Crippen molar-refractivity contribution in [1.29, 1.82) is 0 Å². The van der Waals surface area contributed by atoms with E-state index in [1.807, 2.05) is 24.3 Å². The van der Waals surface area contributed by atoms with E-state index in [-0.39, 0.29) is 5.69 Å². The number of hydrogen-bond donors (Lipinski definition) is 1. The summed E-state index contributed by atoms with van der Waals surface area (Å²) in [7, 11) is 0. The van der Waals surface area contributed by atoms with E-state index >= 15 is 0 Å². The standard InChI is InChI=1S/C15H14ClN3O2/c16-12-4-2-1-3-10(12)7-19-6-5-11-13(8-19)17-9-18-14(11)15(20)21/h1-4,9H,5-8H2,(H,20,21). The maximum absolute atomic E-state index is 11.2. The van der Waals surface area contributed by atoms with Crippen LogP contribution in [-0.2, 0) is 19.5 Å². The fourth-order valence-electron chi connectivity index (χ4n) is 2.60. The molecule has 0 spiro atoms. The van der Waals surface area contributed by atoms with Gasteiger partial charge < -0.3 is 5.11 Å². The Hall–Kier alpha value is -1.98. The van der Waals surface area contributed by atoms with Crippen LogP contribution in [0.4, 0.5) is 0 Å².